The first-order chi connectivity index (χ1) is 9.25. The van der Waals surface area contributed by atoms with Crippen molar-refractivity contribution in [3.63, 3.8) is 0 Å². The Balaban J connectivity index is 2.20. The SMILES string of the molecule is CCCNC(c1ccc(CC)cc1)C1(OC)CCC1. The fourth-order valence-electron chi connectivity index (χ4n) is 2.98. The fraction of sp³-hybridized carbons (Fsp3) is 0.647. The Hall–Kier alpha value is -0.860. The largest absolute Gasteiger partial charge is 0.376 e. The molecule has 1 saturated carbocycles. The van der Waals surface area contributed by atoms with E-state index in [1.54, 1.807) is 0 Å². The average Bonchev–Trinajstić information content (AvgIpc) is 2.42. The molecule has 19 heavy (non-hydrogen) atoms. The molecule has 1 fully saturated rings. The summed E-state index contributed by atoms with van der Waals surface area (Å²) in [5.74, 6) is 0. The van der Waals surface area contributed by atoms with Crippen molar-refractivity contribution in [1.29, 1.82) is 0 Å². The van der Waals surface area contributed by atoms with Gasteiger partial charge in [-0.1, -0.05) is 38.1 Å². The standard InChI is InChI=1S/C17H27NO/c1-4-13-18-16(17(19-3)11-6-12-17)15-9-7-14(5-2)8-10-15/h7-10,16,18H,4-6,11-13H2,1-3H3. The lowest BCUT2D eigenvalue weighted by Crippen LogP contribution is -2.50. The van der Waals surface area contributed by atoms with E-state index in [1.807, 2.05) is 7.11 Å². The topological polar surface area (TPSA) is 21.3 Å². The minimum atomic E-state index is 0.0168. The molecule has 0 aliphatic heterocycles. The zero-order valence-corrected chi connectivity index (χ0v) is 12.5. The van der Waals surface area contributed by atoms with Crippen LogP contribution in [0.2, 0.25) is 0 Å². The number of hydrogen-bond acceptors (Lipinski definition) is 2. The van der Waals surface area contributed by atoms with Crippen LogP contribution in [0.3, 0.4) is 0 Å². The van der Waals surface area contributed by atoms with Crippen molar-refractivity contribution in [3.05, 3.63) is 35.4 Å². The fourth-order valence-corrected chi connectivity index (χ4v) is 2.98. The van der Waals surface area contributed by atoms with Crippen LogP contribution < -0.4 is 5.32 Å². The molecule has 0 saturated heterocycles. The van der Waals surface area contributed by atoms with Crippen LogP contribution in [-0.2, 0) is 11.2 Å². The molecule has 0 spiro atoms. The van der Waals surface area contributed by atoms with Crippen LogP contribution in [0.25, 0.3) is 0 Å². The number of rotatable bonds is 7. The van der Waals surface area contributed by atoms with Crippen molar-refractivity contribution in [2.45, 2.75) is 57.6 Å². The monoisotopic (exact) mass is 261 g/mol. The Labute approximate surface area is 117 Å². The molecule has 0 radical (unpaired) electrons. The summed E-state index contributed by atoms with van der Waals surface area (Å²) < 4.78 is 5.88. The summed E-state index contributed by atoms with van der Waals surface area (Å²) in [6.07, 6.45) is 5.87. The van der Waals surface area contributed by atoms with Gasteiger partial charge in [-0.25, -0.2) is 0 Å². The zero-order chi connectivity index (χ0) is 13.7. The van der Waals surface area contributed by atoms with Crippen LogP contribution in [0.4, 0.5) is 0 Å². The van der Waals surface area contributed by atoms with E-state index in [0.717, 1.165) is 19.4 Å². The highest BCUT2D eigenvalue weighted by atomic mass is 16.5. The maximum Gasteiger partial charge on any atom is 0.0872 e. The molecule has 2 nitrogen and oxygen atoms in total. The molecule has 2 heteroatoms. The number of benzene rings is 1. The second kappa shape index (κ2) is 6.53. The quantitative estimate of drug-likeness (QED) is 0.804. The lowest BCUT2D eigenvalue weighted by Gasteiger charge is -2.47. The molecule has 0 aromatic heterocycles. The molecule has 0 heterocycles. The van der Waals surface area contributed by atoms with Gasteiger partial charge in [0.25, 0.3) is 0 Å². The highest BCUT2D eigenvalue weighted by Crippen LogP contribution is 2.44. The molecule has 1 atom stereocenters. The van der Waals surface area contributed by atoms with Crippen molar-refractivity contribution in [3.8, 4) is 0 Å². The normalized spacial score (nSPS) is 18.9. The van der Waals surface area contributed by atoms with Crippen molar-refractivity contribution in [1.82, 2.24) is 5.32 Å². The Morgan fingerprint density at radius 1 is 1.21 bits per heavy atom. The first-order valence-corrected chi connectivity index (χ1v) is 7.63. The molecule has 1 aliphatic rings. The van der Waals surface area contributed by atoms with E-state index < -0.39 is 0 Å². The second-order valence-electron chi connectivity index (χ2n) is 5.60. The van der Waals surface area contributed by atoms with E-state index in [1.165, 1.54) is 30.4 Å². The lowest BCUT2D eigenvalue weighted by atomic mass is 9.72. The zero-order valence-electron chi connectivity index (χ0n) is 12.5. The molecular weight excluding hydrogens is 234 g/mol. The highest BCUT2D eigenvalue weighted by Gasteiger charge is 2.44. The van der Waals surface area contributed by atoms with Crippen LogP contribution in [0, 0.1) is 0 Å². The summed E-state index contributed by atoms with van der Waals surface area (Å²) in [7, 11) is 1.86. The Morgan fingerprint density at radius 3 is 2.32 bits per heavy atom. The first kappa shape index (κ1) is 14.5. The maximum atomic E-state index is 5.88. The Morgan fingerprint density at radius 2 is 1.89 bits per heavy atom. The minimum Gasteiger partial charge on any atom is -0.376 e. The third-order valence-corrected chi connectivity index (χ3v) is 4.45. The van der Waals surface area contributed by atoms with Gasteiger partial charge in [0.05, 0.1) is 11.6 Å². The van der Waals surface area contributed by atoms with Gasteiger partial charge in [-0.2, -0.15) is 0 Å². The van der Waals surface area contributed by atoms with Crippen LogP contribution in [0.5, 0.6) is 0 Å². The molecule has 1 aromatic carbocycles. The van der Waals surface area contributed by atoms with Gasteiger partial charge in [0.15, 0.2) is 0 Å². The van der Waals surface area contributed by atoms with Gasteiger partial charge in [-0.15, -0.1) is 0 Å². The van der Waals surface area contributed by atoms with E-state index in [-0.39, 0.29) is 5.60 Å². The molecule has 0 amide bonds. The highest BCUT2D eigenvalue weighted by molar-refractivity contribution is 5.28. The minimum absolute atomic E-state index is 0.0168. The molecule has 2 rings (SSSR count). The summed E-state index contributed by atoms with van der Waals surface area (Å²) in [5, 5.41) is 3.69. The summed E-state index contributed by atoms with van der Waals surface area (Å²) in [4.78, 5) is 0. The van der Waals surface area contributed by atoms with E-state index in [4.69, 9.17) is 4.74 Å². The molecule has 1 aliphatic carbocycles. The molecule has 1 aromatic rings. The molecule has 1 N–H and O–H groups in total. The van der Waals surface area contributed by atoms with Gasteiger partial charge in [-0.3, -0.25) is 0 Å². The predicted octanol–water partition coefficient (Wildman–Crippen LogP) is 3.86. The predicted molar refractivity (Wildman–Crippen MR) is 80.4 cm³/mol. The molecule has 106 valence electrons. The van der Waals surface area contributed by atoms with E-state index in [0.29, 0.717) is 6.04 Å². The van der Waals surface area contributed by atoms with Gasteiger partial charge >= 0.3 is 0 Å². The van der Waals surface area contributed by atoms with Crippen LogP contribution in [0.1, 0.15) is 56.7 Å². The van der Waals surface area contributed by atoms with Crippen molar-refractivity contribution in [2.75, 3.05) is 13.7 Å². The summed E-state index contributed by atoms with van der Waals surface area (Å²) in [6, 6.07) is 9.36. The molecule has 0 bridgehead atoms. The number of hydrogen-bond donors (Lipinski definition) is 1. The first-order valence-electron chi connectivity index (χ1n) is 7.63. The van der Waals surface area contributed by atoms with Gasteiger partial charge < -0.3 is 10.1 Å². The maximum absolute atomic E-state index is 5.88. The summed E-state index contributed by atoms with van der Waals surface area (Å²) >= 11 is 0. The smallest absolute Gasteiger partial charge is 0.0872 e. The van der Waals surface area contributed by atoms with Crippen LogP contribution >= 0.6 is 0 Å². The van der Waals surface area contributed by atoms with Crippen LogP contribution in [0.15, 0.2) is 24.3 Å². The molecular formula is C17H27NO. The van der Waals surface area contributed by atoms with E-state index >= 15 is 0 Å². The number of ether oxygens (including phenoxy) is 1. The Kier molecular flexibility index (Phi) is 5.00. The van der Waals surface area contributed by atoms with Gasteiger partial charge in [0.2, 0.25) is 0 Å². The van der Waals surface area contributed by atoms with Crippen LogP contribution in [-0.4, -0.2) is 19.3 Å². The average molecular weight is 261 g/mol. The lowest BCUT2D eigenvalue weighted by molar-refractivity contribution is -0.0997. The third kappa shape index (κ3) is 3.01. The van der Waals surface area contributed by atoms with Gasteiger partial charge in [0.1, 0.15) is 0 Å². The third-order valence-electron chi connectivity index (χ3n) is 4.45. The number of nitrogens with one attached hydrogen (secondary N) is 1. The van der Waals surface area contributed by atoms with Crippen molar-refractivity contribution < 1.29 is 4.74 Å². The summed E-state index contributed by atoms with van der Waals surface area (Å²) in [6.45, 7) is 5.46. The number of aryl methyl sites for hydroxylation is 1. The van der Waals surface area contributed by atoms with E-state index in [9.17, 15) is 0 Å². The van der Waals surface area contributed by atoms with Crippen molar-refractivity contribution in [2.24, 2.45) is 0 Å². The summed E-state index contributed by atoms with van der Waals surface area (Å²) in [5.41, 5.74) is 2.79. The molecule has 1 unspecified atom stereocenters. The Bertz CT molecular complexity index is 375. The van der Waals surface area contributed by atoms with Crippen molar-refractivity contribution >= 4 is 0 Å². The second-order valence-corrected chi connectivity index (χ2v) is 5.60. The van der Waals surface area contributed by atoms with Gasteiger partial charge in [-0.05, 0) is 49.8 Å². The number of methoxy groups -OCH3 is 1. The van der Waals surface area contributed by atoms with E-state index in [2.05, 4.69) is 43.4 Å². The van der Waals surface area contributed by atoms with Gasteiger partial charge in [0, 0.05) is 7.11 Å².